The number of hydrogen-bond acceptors (Lipinski definition) is 7. The van der Waals surface area contributed by atoms with Gasteiger partial charge in [-0.3, -0.25) is 4.90 Å². The maximum absolute atomic E-state index is 15.1. The molecule has 2 aromatic heterocycles. The van der Waals surface area contributed by atoms with Gasteiger partial charge in [-0.1, -0.05) is 12.1 Å². The average molecular weight is 587 g/mol. The van der Waals surface area contributed by atoms with Crippen molar-refractivity contribution >= 4 is 34.3 Å². The zero-order valence-electron chi connectivity index (χ0n) is 22.7. The monoisotopic (exact) mass is 586 g/mol. The molecular formula is C28H30F4N8O2. The molecule has 0 atom stereocenters. The highest BCUT2D eigenvalue weighted by Crippen LogP contribution is 2.36. The molecule has 2 aromatic carbocycles. The average Bonchev–Trinajstić information content (AvgIpc) is 3.31. The summed E-state index contributed by atoms with van der Waals surface area (Å²) < 4.78 is 58.5. The minimum absolute atomic E-state index is 0.0776. The Balaban J connectivity index is 1.32. The van der Waals surface area contributed by atoms with Gasteiger partial charge in [-0.2, -0.15) is 13.2 Å². The SMILES string of the molecule is CN1CCN(Cc2ccc(NC(=O)Nc3ccc(-c4cn(CCO)c5ncnc(N)c45)cc3F)cc2C(F)(F)F)CC1. The third-order valence-corrected chi connectivity index (χ3v) is 7.22. The summed E-state index contributed by atoms with van der Waals surface area (Å²) in [5, 5.41) is 14.6. The number of nitrogen functional groups attached to an aromatic ring is 1. The van der Waals surface area contributed by atoms with Crippen molar-refractivity contribution in [3.8, 4) is 11.1 Å². The predicted octanol–water partition coefficient (Wildman–Crippen LogP) is 4.22. The largest absolute Gasteiger partial charge is 0.416 e. The van der Waals surface area contributed by atoms with Crippen LogP contribution in [0.4, 0.5) is 39.5 Å². The Morgan fingerprint density at radius 1 is 1.07 bits per heavy atom. The van der Waals surface area contributed by atoms with Crippen LogP contribution in [0.2, 0.25) is 0 Å². The lowest BCUT2D eigenvalue weighted by Crippen LogP contribution is -2.44. The van der Waals surface area contributed by atoms with Crippen LogP contribution in [0.25, 0.3) is 22.2 Å². The molecule has 10 nitrogen and oxygen atoms in total. The first kappa shape index (κ1) is 29.2. The Morgan fingerprint density at radius 3 is 2.52 bits per heavy atom. The number of nitrogens with zero attached hydrogens (tertiary/aromatic N) is 5. The lowest BCUT2D eigenvalue weighted by molar-refractivity contribution is -0.138. The molecule has 14 heteroatoms. The Kier molecular flexibility index (Phi) is 8.29. The molecular weight excluding hydrogens is 556 g/mol. The van der Waals surface area contributed by atoms with Crippen LogP contribution in [0.15, 0.2) is 48.9 Å². The number of aliphatic hydroxyl groups is 1. The molecule has 0 radical (unpaired) electrons. The van der Waals surface area contributed by atoms with Gasteiger partial charge in [-0.05, 0) is 42.4 Å². The van der Waals surface area contributed by atoms with Crippen molar-refractivity contribution in [2.24, 2.45) is 0 Å². The summed E-state index contributed by atoms with van der Waals surface area (Å²) in [4.78, 5) is 24.9. The van der Waals surface area contributed by atoms with E-state index in [2.05, 4.69) is 25.5 Å². The highest BCUT2D eigenvalue weighted by atomic mass is 19.4. The molecule has 0 aliphatic carbocycles. The molecule has 4 aromatic rings. The van der Waals surface area contributed by atoms with E-state index in [0.29, 0.717) is 35.2 Å². The van der Waals surface area contributed by atoms with E-state index in [1.54, 1.807) is 16.8 Å². The van der Waals surface area contributed by atoms with Crippen molar-refractivity contribution < 1.29 is 27.5 Å². The van der Waals surface area contributed by atoms with Crippen LogP contribution in [-0.4, -0.2) is 75.3 Å². The number of likely N-dealkylation sites (N-methyl/N-ethyl adjacent to an activating group) is 1. The molecule has 2 amide bonds. The van der Waals surface area contributed by atoms with E-state index in [-0.39, 0.29) is 42.5 Å². The lowest BCUT2D eigenvalue weighted by atomic mass is 10.0. The van der Waals surface area contributed by atoms with Crippen molar-refractivity contribution in [2.75, 3.05) is 56.2 Å². The second-order valence-electron chi connectivity index (χ2n) is 10.1. The summed E-state index contributed by atoms with van der Waals surface area (Å²) >= 11 is 0. The molecule has 0 spiro atoms. The van der Waals surface area contributed by atoms with Gasteiger partial charge in [0.05, 0.1) is 23.2 Å². The molecule has 5 rings (SSSR count). The molecule has 5 N–H and O–H groups in total. The zero-order chi connectivity index (χ0) is 30.0. The summed E-state index contributed by atoms with van der Waals surface area (Å²) in [5.74, 6) is -0.596. The molecule has 0 bridgehead atoms. The number of benzene rings is 2. The molecule has 222 valence electrons. The number of piperazine rings is 1. The highest BCUT2D eigenvalue weighted by Gasteiger charge is 2.34. The summed E-state index contributed by atoms with van der Waals surface area (Å²) in [5.41, 5.74) is 6.50. The number of aromatic nitrogens is 3. The topological polar surface area (TPSA) is 125 Å². The number of carbonyl (C=O) groups is 1. The highest BCUT2D eigenvalue weighted by molar-refractivity contribution is 6.02. The number of alkyl halides is 3. The number of carbonyl (C=O) groups excluding carboxylic acids is 1. The number of urea groups is 1. The zero-order valence-corrected chi connectivity index (χ0v) is 22.7. The standard InChI is InChI=1S/C28H30F4N8O2/c1-38-6-8-39(9-7-38)14-18-2-4-19(13-21(18)28(30,31)32)36-27(42)37-23-5-3-17(12-22(23)29)20-15-40(10-11-41)26-24(20)25(33)34-16-35-26/h2-5,12-13,15-16,41H,6-11,14H2,1H3,(H2,33,34,35)(H2,36,37,42). The first-order valence-corrected chi connectivity index (χ1v) is 13.2. The fraction of sp³-hybridized carbons (Fsp3) is 0.321. The van der Waals surface area contributed by atoms with Crippen LogP contribution in [-0.2, 0) is 19.3 Å². The van der Waals surface area contributed by atoms with Crippen LogP contribution in [0.5, 0.6) is 0 Å². The van der Waals surface area contributed by atoms with Crippen molar-refractivity contribution in [1.29, 1.82) is 0 Å². The number of halogens is 4. The minimum atomic E-state index is -4.62. The molecule has 1 aliphatic heterocycles. The van der Waals surface area contributed by atoms with Crippen molar-refractivity contribution in [1.82, 2.24) is 24.3 Å². The van der Waals surface area contributed by atoms with Gasteiger partial charge in [0.1, 0.15) is 23.6 Å². The quantitative estimate of drug-likeness (QED) is 0.239. The molecule has 1 fully saturated rings. The fourth-order valence-electron chi connectivity index (χ4n) is 5.02. The molecule has 0 unspecified atom stereocenters. The van der Waals surface area contributed by atoms with Gasteiger partial charge in [0, 0.05) is 56.7 Å². The van der Waals surface area contributed by atoms with Gasteiger partial charge in [0.2, 0.25) is 0 Å². The van der Waals surface area contributed by atoms with Crippen LogP contribution >= 0.6 is 0 Å². The van der Waals surface area contributed by atoms with Crippen LogP contribution in [0, 0.1) is 5.82 Å². The van der Waals surface area contributed by atoms with E-state index >= 15 is 4.39 Å². The van der Waals surface area contributed by atoms with E-state index in [4.69, 9.17) is 5.73 Å². The first-order chi connectivity index (χ1) is 20.0. The Labute approximate surface area is 238 Å². The molecule has 1 aliphatic rings. The van der Waals surface area contributed by atoms with Gasteiger partial charge in [0.25, 0.3) is 0 Å². The number of anilines is 3. The van der Waals surface area contributed by atoms with E-state index in [1.165, 1.54) is 30.6 Å². The summed E-state index contributed by atoms with van der Waals surface area (Å²) in [7, 11) is 1.97. The number of aliphatic hydroxyl groups excluding tert-OH is 1. The second-order valence-corrected chi connectivity index (χ2v) is 10.1. The van der Waals surface area contributed by atoms with Crippen LogP contribution in [0.1, 0.15) is 11.1 Å². The van der Waals surface area contributed by atoms with Gasteiger partial charge in [0.15, 0.2) is 0 Å². The number of rotatable bonds is 7. The van der Waals surface area contributed by atoms with Gasteiger partial charge < -0.3 is 30.9 Å². The van der Waals surface area contributed by atoms with E-state index < -0.39 is 23.6 Å². The lowest BCUT2D eigenvalue weighted by Gasteiger charge is -2.33. The van der Waals surface area contributed by atoms with Crippen LogP contribution in [0.3, 0.4) is 0 Å². The van der Waals surface area contributed by atoms with Gasteiger partial charge in [-0.25, -0.2) is 19.2 Å². The van der Waals surface area contributed by atoms with E-state index in [1.807, 2.05) is 11.9 Å². The smallest absolute Gasteiger partial charge is 0.395 e. The van der Waals surface area contributed by atoms with E-state index in [9.17, 15) is 23.1 Å². The summed E-state index contributed by atoms with van der Waals surface area (Å²) in [6.07, 6.45) is -1.65. The van der Waals surface area contributed by atoms with Crippen molar-refractivity contribution in [3.05, 3.63) is 65.9 Å². The van der Waals surface area contributed by atoms with Gasteiger partial charge >= 0.3 is 12.2 Å². The number of hydrogen-bond donors (Lipinski definition) is 4. The maximum atomic E-state index is 15.1. The maximum Gasteiger partial charge on any atom is 0.416 e. The first-order valence-electron chi connectivity index (χ1n) is 13.2. The third kappa shape index (κ3) is 6.30. The number of nitrogens with two attached hydrogens (primary N) is 1. The van der Waals surface area contributed by atoms with Crippen molar-refractivity contribution in [3.63, 3.8) is 0 Å². The Bertz CT molecular complexity index is 1600. The summed E-state index contributed by atoms with van der Waals surface area (Å²) in [6.45, 7) is 3.09. The normalized spacial score (nSPS) is 14.8. The predicted molar refractivity (Wildman–Crippen MR) is 151 cm³/mol. The molecule has 1 saturated heterocycles. The number of nitrogens with one attached hydrogen (secondary N) is 2. The third-order valence-electron chi connectivity index (χ3n) is 7.22. The van der Waals surface area contributed by atoms with Crippen LogP contribution < -0.4 is 16.4 Å². The number of amides is 2. The van der Waals surface area contributed by atoms with Gasteiger partial charge in [-0.15, -0.1) is 0 Å². The van der Waals surface area contributed by atoms with Crippen molar-refractivity contribution in [2.45, 2.75) is 19.3 Å². The molecule has 3 heterocycles. The molecule has 0 saturated carbocycles. The number of fused-ring (bicyclic) bond motifs is 1. The minimum Gasteiger partial charge on any atom is -0.395 e. The Hall–Kier alpha value is -4.27. The second kappa shape index (κ2) is 11.9. The molecule has 42 heavy (non-hydrogen) atoms. The van der Waals surface area contributed by atoms with E-state index in [0.717, 1.165) is 19.2 Å². The summed E-state index contributed by atoms with van der Waals surface area (Å²) in [6, 6.07) is 6.81. The fourth-order valence-corrected chi connectivity index (χ4v) is 5.02. The Morgan fingerprint density at radius 2 is 1.83 bits per heavy atom.